The molecule has 0 aromatic rings. The van der Waals surface area contributed by atoms with Crippen LogP contribution < -0.4 is 0 Å². The monoisotopic (exact) mass is 949 g/mol. The summed E-state index contributed by atoms with van der Waals surface area (Å²) in [5.41, 5.74) is 0. The summed E-state index contributed by atoms with van der Waals surface area (Å²) in [6.45, 7) is 6.48. The molecule has 0 N–H and O–H groups in total. The first-order valence-electron chi connectivity index (χ1n) is 29.0. The van der Waals surface area contributed by atoms with Gasteiger partial charge in [-0.1, -0.05) is 273 Å². The van der Waals surface area contributed by atoms with E-state index in [1.807, 2.05) is 18.2 Å². The third kappa shape index (κ3) is 53.8. The number of carbonyl (C=O) groups excluding carboxylic acids is 3. The highest BCUT2D eigenvalue weighted by molar-refractivity contribution is 5.71. The van der Waals surface area contributed by atoms with Crippen molar-refractivity contribution in [2.24, 2.45) is 0 Å². The van der Waals surface area contributed by atoms with Gasteiger partial charge in [-0.05, 0) is 64.2 Å². The number of allylic oxidation sites excluding steroid dienone is 12. The first-order chi connectivity index (χ1) is 33.5. The van der Waals surface area contributed by atoms with E-state index >= 15 is 0 Å². The van der Waals surface area contributed by atoms with Gasteiger partial charge in [0.2, 0.25) is 0 Å². The summed E-state index contributed by atoms with van der Waals surface area (Å²) >= 11 is 0. The van der Waals surface area contributed by atoms with Gasteiger partial charge >= 0.3 is 17.9 Å². The minimum atomic E-state index is -0.785. The van der Waals surface area contributed by atoms with E-state index in [4.69, 9.17) is 14.2 Å². The first kappa shape index (κ1) is 64.8. The van der Waals surface area contributed by atoms with E-state index in [0.29, 0.717) is 19.3 Å². The van der Waals surface area contributed by atoms with Gasteiger partial charge in [-0.15, -0.1) is 0 Å². The average molecular weight is 950 g/mol. The highest BCUT2D eigenvalue weighted by Crippen LogP contribution is 2.16. The van der Waals surface area contributed by atoms with Crippen LogP contribution in [0, 0.1) is 0 Å². The molecule has 0 bridgehead atoms. The zero-order valence-corrected chi connectivity index (χ0v) is 44.9. The number of unbranched alkanes of at least 4 members (excludes halogenated alkanes) is 33. The second kappa shape index (κ2) is 56.4. The van der Waals surface area contributed by atoms with E-state index in [-0.39, 0.29) is 31.1 Å². The van der Waals surface area contributed by atoms with Crippen molar-refractivity contribution in [1.82, 2.24) is 0 Å². The molecule has 6 heteroatoms. The standard InChI is InChI=1S/C62H108O6/c1-4-7-10-13-16-19-22-25-28-30-31-32-35-37-40-43-46-49-52-55-61(64)67-58-59(57-66-60(63)54-51-48-45-42-39-36-33-27-24-21-18-15-12-9-6-3)68-62(65)56-53-50-47-44-41-38-34-29-26-23-20-17-14-11-8-5-2/h9,12,15-16,18-19,21-22,24-25,27,33,59H,4-8,10-11,13-14,17,20,23,26,28-32,34-58H2,1-3H3/b12-9-,18-15-,19-16-,24-21-,25-22-,33-27-. The Morgan fingerprint density at radius 1 is 0.309 bits per heavy atom. The Bertz CT molecular complexity index is 1270. The summed E-state index contributed by atoms with van der Waals surface area (Å²) in [5.74, 6) is -0.898. The van der Waals surface area contributed by atoms with Gasteiger partial charge in [-0.3, -0.25) is 14.4 Å². The average Bonchev–Trinajstić information content (AvgIpc) is 3.34. The summed E-state index contributed by atoms with van der Waals surface area (Å²) in [7, 11) is 0. The molecule has 6 nitrogen and oxygen atoms in total. The molecule has 1 unspecified atom stereocenters. The number of hydrogen-bond donors (Lipinski definition) is 0. The minimum absolute atomic E-state index is 0.0828. The Morgan fingerprint density at radius 3 is 0.941 bits per heavy atom. The SMILES string of the molecule is CC\C=C/C=C\C=C/C=C\CCCCCCCC(=O)OCC(COC(=O)CCCCCCCCCCCC/C=C\C=C/CCCCC)OC(=O)CCCCCCCCCCCCCCCCCC. The molecule has 0 aliphatic rings. The number of rotatable bonds is 52. The van der Waals surface area contributed by atoms with Gasteiger partial charge in [0.05, 0.1) is 0 Å². The van der Waals surface area contributed by atoms with E-state index in [1.165, 1.54) is 161 Å². The van der Waals surface area contributed by atoms with E-state index in [1.54, 1.807) is 0 Å². The van der Waals surface area contributed by atoms with Crippen LogP contribution in [0.1, 0.15) is 284 Å². The largest absolute Gasteiger partial charge is 0.462 e. The lowest BCUT2D eigenvalue weighted by Crippen LogP contribution is -2.30. The van der Waals surface area contributed by atoms with Crippen LogP contribution in [0.15, 0.2) is 72.9 Å². The predicted molar refractivity (Wildman–Crippen MR) is 293 cm³/mol. The molecule has 0 aromatic heterocycles. The molecule has 1 atom stereocenters. The van der Waals surface area contributed by atoms with Crippen LogP contribution in [0.2, 0.25) is 0 Å². The molecule has 392 valence electrons. The molecule has 0 heterocycles. The Morgan fingerprint density at radius 2 is 0.574 bits per heavy atom. The van der Waals surface area contributed by atoms with Crippen LogP contribution in [-0.4, -0.2) is 37.2 Å². The van der Waals surface area contributed by atoms with Crippen molar-refractivity contribution < 1.29 is 28.6 Å². The van der Waals surface area contributed by atoms with Crippen LogP contribution in [0.4, 0.5) is 0 Å². The molecule has 0 rings (SSSR count). The van der Waals surface area contributed by atoms with Crippen molar-refractivity contribution in [3.8, 4) is 0 Å². The zero-order chi connectivity index (χ0) is 49.3. The summed E-state index contributed by atoms with van der Waals surface area (Å²) < 4.78 is 16.9. The van der Waals surface area contributed by atoms with Crippen LogP contribution >= 0.6 is 0 Å². The molecule has 68 heavy (non-hydrogen) atoms. The van der Waals surface area contributed by atoms with Crippen molar-refractivity contribution in [2.75, 3.05) is 13.2 Å². The van der Waals surface area contributed by atoms with Crippen LogP contribution in [-0.2, 0) is 28.6 Å². The number of ether oxygens (including phenoxy) is 3. The van der Waals surface area contributed by atoms with E-state index < -0.39 is 6.10 Å². The molecule has 0 saturated heterocycles. The van der Waals surface area contributed by atoms with Gasteiger partial charge in [-0.25, -0.2) is 0 Å². The number of carbonyl (C=O) groups is 3. The molecule has 0 amide bonds. The second-order valence-corrected chi connectivity index (χ2v) is 19.3. The Balaban J connectivity index is 4.39. The smallest absolute Gasteiger partial charge is 0.306 e. The topological polar surface area (TPSA) is 78.9 Å². The third-order valence-electron chi connectivity index (χ3n) is 12.6. The molecule has 0 fully saturated rings. The maximum atomic E-state index is 12.9. The summed E-state index contributed by atoms with van der Waals surface area (Å²) in [4.78, 5) is 38.2. The summed E-state index contributed by atoms with van der Waals surface area (Å²) in [6.07, 6.45) is 71.7. The molecular formula is C62H108O6. The maximum Gasteiger partial charge on any atom is 0.306 e. The highest BCUT2D eigenvalue weighted by Gasteiger charge is 2.19. The molecule has 0 aromatic carbocycles. The van der Waals surface area contributed by atoms with Crippen molar-refractivity contribution in [3.63, 3.8) is 0 Å². The quantitative estimate of drug-likeness (QED) is 0.0262. The van der Waals surface area contributed by atoms with Gasteiger partial charge < -0.3 is 14.2 Å². The minimum Gasteiger partial charge on any atom is -0.462 e. The molecule has 0 radical (unpaired) electrons. The fourth-order valence-corrected chi connectivity index (χ4v) is 8.21. The molecular weight excluding hydrogens is 841 g/mol. The van der Waals surface area contributed by atoms with Crippen molar-refractivity contribution in [1.29, 1.82) is 0 Å². The van der Waals surface area contributed by atoms with Gasteiger partial charge in [0.1, 0.15) is 13.2 Å². The van der Waals surface area contributed by atoms with Gasteiger partial charge in [0.15, 0.2) is 6.10 Å². The Kier molecular flexibility index (Phi) is 53.8. The molecule has 0 spiro atoms. The van der Waals surface area contributed by atoms with Crippen molar-refractivity contribution in [2.45, 2.75) is 290 Å². The van der Waals surface area contributed by atoms with Crippen molar-refractivity contribution >= 4 is 17.9 Å². The third-order valence-corrected chi connectivity index (χ3v) is 12.6. The van der Waals surface area contributed by atoms with Gasteiger partial charge in [-0.2, -0.15) is 0 Å². The second-order valence-electron chi connectivity index (χ2n) is 19.3. The lowest BCUT2D eigenvalue weighted by molar-refractivity contribution is -0.167. The maximum absolute atomic E-state index is 12.9. The van der Waals surface area contributed by atoms with Crippen LogP contribution in [0.3, 0.4) is 0 Å². The fourth-order valence-electron chi connectivity index (χ4n) is 8.21. The highest BCUT2D eigenvalue weighted by atomic mass is 16.6. The van der Waals surface area contributed by atoms with Gasteiger partial charge in [0, 0.05) is 19.3 Å². The van der Waals surface area contributed by atoms with E-state index in [0.717, 1.165) is 83.5 Å². The predicted octanol–water partition coefficient (Wildman–Crippen LogP) is 19.4. The van der Waals surface area contributed by atoms with Crippen LogP contribution in [0.25, 0.3) is 0 Å². The Labute approximate surface area is 421 Å². The fraction of sp³-hybridized carbons (Fsp3) is 0.758. The van der Waals surface area contributed by atoms with Crippen LogP contribution in [0.5, 0.6) is 0 Å². The summed E-state index contributed by atoms with van der Waals surface area (Å²) in [5, 5.41) is 0. The summed E-state index contributed by atoms with van der Waals surface area (Å²) in [6, 6.07) is 0. The molecule has 0 saturated carbocycles. The zero-order valence-electron chi connectivity index (χ0n) is 44.9. The number of esters is 3. The van der Waals surface area contributed by atoms with E-state index in [9.17, 15) is 14.4 Å². The molecule has 0 aliphatic carbocycles. The normalized spacial score (nSPS) is 12.6. The molecule has 0 aliphatic heterocycles. The lowest BCUT2D eigenvalue weighted by atomic mass is 10.0. The Hall–Kier alpha value is -3.15. The van der Waals surface area contributed by atoms with E-state index in [2.05, 4.69) is 75.5 Å². The number of hydrogen-bond acceptors (Lipinski definition) is 6. The lowest BCUT2D eigenvalue weighted by Gasteiger charge is -2.18. The van der Waals surface area contributed by atoms with Crippen molar-refractivity contribution in [3.05, 3.63) is 72.9 Å². The van der Waals surface area contributed by atoms with Gasteiger partial charge in [0.25, 0.3) is 0 Å². The first-order valence-corrected chi connectivity index (χ1v) is 29.0.